The highest BCUT2D eigenvalue weighted by molar-refractivity contribution is 14.1. The Kier molecular flexibility index (Phi) is 5.06. The third-order valence-electron chi connectivity index (χ3n) is 2.85. The molecule has 0 aliphatic carbocycles. The molecule has 1 nitrogen and oxygen atoms in total. The lowest BCUT2D eigenvalue weighted by Gasteiger charge is -2.18. The van der Waals surface area contributed by atoms with Crippen LogP contribution in [0.2, 0.25) is 5.02 Å². The molecule has 1 N–H and O–H groups in total. The molecule has 18 heavy (non-hydrogen) atoms. The lowest BCUT2D eigenvalue weighted by atomic mass is 10.0. The van der Waals surface area contributed by atoms with Crippen molar-refractivity contribution in [3.63, 3.8) is 0 Å². The largest absolute Gasteiger partial charge is 0.306 e. The van der Waals surface area contributed by atoms with Crippen LogP contribution >= 0.6 is 45.5 Å². The number of hydrogen-bond donors (Lipinski definition) is 1. The molecule has 1 aromatic heterocycles. The van der Waals surface area contributed by atoms with E-state index in [1.807, 2.05) is 0 Å². The number of hydrogen-bond acceptors (Lipinski definition) is 2. The van der Waals surface area contributed by atoms with Crippen molar-refractivity contribution in [2.75, 3.05) is 6.54 Å². The maximum atomic E-state index is 6.23. The Bertz CT molecular complexity index is 538. The Labute approximate surface area is 131 Å². The Morgan fingerprint density at radius 2 is 2.17 bits per heavy atom. The Morgan fingerprint density at radius 1 is 1.39 bits per heavy atom. The highest BCUT2D eigenvalue weighted by Crippen LogP contribution is 2.31. The molecule has 0 bridgehead atoms. The van der Waals surface area contributed by atoms with E-state index in [-0.39, 0.29) is 6.04 Å². The zero-order valence-electron chi connectivity index (χ0n) is 10.3. The van der Waals surface area contributed by atoms with Gasteiger partial charge in [-0.15, -0.1) is 11.3 Å². The second kappa shape index (κ2) is 6.37. The van der Waals surface area contributed by atoms with Crippen molar-refractivity contribution in [1.82, 2.24) is 5.32 Å². The van der Waals surface area contributed by atoms with Gasteiger partial charge in [-0.2, -0.15) is 0 Å². The van der Waals surface area contributed by atoms with Crippen LogP contribution < -0.4 is 5.32 Å². The first-order valence-corrected chi connectivity index (χ1v) is 8.19. The van der Waals surface area contributed by atoms with Crippen LogP contribution in [0.15, 0.2) is 29.6 Å². The molecule has 0 amide bonds. The first-order chi connectivity index (χ1) is 8.63. The van der Waals surface area contributed by atoms with E-state index in [1.165, 1.54) is 16.0 Å². The molecule has 0 aliphatic rings. The standard InChI is InChI=1S/C14H15ClINS/c1-3-17-13(14-9(2)6-7-18-14)10-4-5-12(16)11(15)8-10/h4-8,13,17H,3H2,1-2H3. The molecule has 1 unspecified atom stereocenters. The monoisotopic (exact) mass is 391 g/mol. The van der Waals surface area contributed by atoms with Gasteiger partial charge >= 0.3 is 0 Å². The van der Waals surface area contributed by atoms with E-state index in [2.05, 4.69) is 71.4 Å². The molecule has 0 saturated heterocycles. The van der Waals surface area contributed by atoms with Gasteiger partial charge in [0.05, 0.1) is 11.1 Å². The van der Waals surface area contributed by atoms with Crippen molar-refractivity contribution in [1.29, 1.82) is 0 Å². The fraction of sp³-hybridized carbons (Fsp3) is 0.286. The van der Waals surface area contributed by atoms with E-state index < -0.39 is 0 Å². The summed E-state index contributed by atoms with van der Waals surface area (Å²) < 4.78 is 1.09. The highest BCUT2D eigenvalue weighted by atomic mass is 127. The summed E-state index contributed by atoms with van der Waals surface area (Å²) in [5.74, 6) is 0. The fourth-order valence-corrected chi connectivity index (χ4v) is 3.49. The van der Waals surface area contributed by atoms with Gasteiger partial charge in [-0.3, -0.25) is 0 Å². The van der Waals surface area contributed by atoms with Crippen LogP contribution in [0.1, 0.15) is 29.0 Å². The number of rotatable bonds is 4. The number of aryl methyl sites for hydroxylation is 1. The van der Waals surface area contributed by atoms with Crippen molar-refractivity contribution in [3.8, 4) is 0 Å². The van der Waals surface area contributed by atoms with Gasteiger partial charge in [0.2, 0.25) is 0 Å². The lowest BCUT2D eigenvalue weighted by Crippen LogP contribution is -2.21. The molecule has 0 aliphatic heterocycles. The van der Waals surface area contributed by atoms with Crippen LogP contribution in [0, 0.1) is 10.5 Å². The van der Waals surface area contributed by atoms with E-state index in [1.54, 1.807) is 11.3 Å². The van der Waals surface area contributed by atoms with E-state index >= 15 is 0 Å². The normalized spacial score (nSPS) is 12.7. The first kappa shape index (κ1) is 14.3. The van der Waals surface area contributed by atoms with Crippen molar-refractivity contribution < 1.29 is 0 Å². The minimum Gasteiger partial charge on any atom is -0.306 e. The van der Waals surface area contributed by atoms with E-state index in [4.69, 9.17) is 11.6 Å². The van der Waals surface area contributed by atoms with Crippen molar-refractivity contribution in [2.24, 2.45) is 0 Å². The number of halogens is 2. The highest BCUT2D eigenvalue weighted by Gasteiger charge is 2.17. The molecular formula is C14H15ClINS. The summed E-state index contributed by atoms with van der Waals surface area (Å²) in [6.45, 7) is 5.22. The van der Waals surface area contributed by atoms with Gasteiger partial charge in [0.1, 0.15) is 0 Å². The molecule has 96 valence electrons. The van der Waals surface area contributed by atoms with Crippen molar-refractivity contribution >= 4 is 45.5 Å². The second-order valence-electron chi connectivity index (χ2n) is 4.13. The van der Waals surface area contributed by atoms with Crippen molar-refractivity contribution in [2.45, 2.75) is 19.9 Å². The summed E-state index contributed by atoms with van der Waals surface area (Å²) in [5, 5.41) is 6.50. The van der Waals surface area contributed by atoms with Crippen LogP contribution in [0.3, 0.4) is 0 Å². The van der Waals surface area contributed by atoms with Gasteiger partial charge < -0.3 is 5.32 Å². The topological polar surface area (TPSA) is 12.0 Å². The molecule has 1 heterocycles. The first-order valence-electron chi connectivity index (χ1n) is 5.85. The van der Waals surface area contributed by atoms with Gasteiger partial charge in [-0.25, -0.2) is 0 Å². The van der Waals surface area contributed by atoms with Gasteiger partial charge in [0.25, 0.3) is 0 Å². The van der Waals surface area contributed by atoms with Gasteiger partial charge in [-0.05, 0) is 70.8 Å². The molecule has 0 saturated carbocycles. The number of thiophene rings is 1. The predicted molar refractivity (Wildman–Crippen MR) is 88.7 cm³/mol. The molecule has 0 radical (unpaired) electrons. The average Bonchev–Trinajstić information content (AvgIpc) is 2.76. The lowest BCUT2D eigenvalue weighted by molar-refractivity contribution is 0.637. The van der Waals surface area contributed by atoms with E-state index in [0.717, 1.165) is 15.1 Å². The molecular weight excluding hydrogens is 377 g/mol. The van der Waals surface area contributed by atoms with Crippen molar-refractivity contribution in [3.05, 3.63) is 54.2 Å². The summed E-state index contributed by atoms with van der Waals surface area (Å²) in [6.07, 6.45) is 0. The molecule has 0 spiro atoms. The quantitative estimate of drug-likeness (QED) is 0.722. The summed E-state index contributed by atoms with van der Waals surface area (Å²) in [5.41, 5.74) is 2.56. The maximum absolute atomic E-state index is 6.23. The molecule has 2 rings (SSSR count). The van der Waals surface area contributed by atoms with Crippen LogP contribution in [-0.2, 0) is 0 Å². The van der Waals surface area contributed by atoms with Gasteiger partial charge in [-0.1, -0.05) is 24.6 Å². The summed E-state index contributed by atoms with van der Waals surface area (Å²) in [6, 6.07) is 8.70. The predicted octanol–water partition coefficient (Wildman–Crippen LogP) is 5.01. The SMILES string of the molecule is CCNC(c1ccc(I)c(Cl)c1)c1sccc1C. The minimum absolute atomic E-state index is 0.240. The molecule has 2 aromatic rings. The Hall–Kier alpha value is -0.100. The number of benzene rings is 1. The molecule has 1 aromatic carbocycles. The van der Waals surface area contributed by atoms with Gasteiger partial charge in [0, 0.05) is 8.45 Å². The molecule has 4 heteroatoms. The molecule has 0 fully saturated rings. The fourth-order valence-electron chi connectivity index (χ4n) is 1.94. The van der Waals surface area contributed by atoms with E-state index in [0.29, 0.717) is 0 Å². The smallest absolute Gasteiger partial charge is 0.0674 e. The number of nitrogens with one attached hydrogen (secondary N) is 1. The zero-order valence-corrected chi connectivity index (χ0v) is 14.1. The van der Waals surface area contributed by atoms with Crippen LogP contribution in [0.5, 0.6) is 0 Å². The Morgan fingerprint density at radius 3 is 2.72 bits per heavy atom. The zero-order chi connectivity index (χ0) is 13.1. The second-order valence-corrected chi connectivity index (χ2v) is 6.65. The third-order valence-corrected chi connectivity index (χ3v) is 5.51. The average molecular weight is 392 g/mol. The molecule has 1 atom stereocenters. The third kappa shape index (κ3) is 3.07. The van der Waals surface area contributed by atoms with Crippen LogP contribution in [0.4, 0.5) is 0 Å². The maximum Gasteiger partial charge on any atom is 0.0674 e. The summed E-state index contributed by atoms with van der Waals surface area (Å²) >= 11 is 10.3. The van der Waals surface area contributed by atoms with E-state index in [9.17, 15) is 0 Å². The Balaban J connectivity index is 2.41. The van der Waals surface area contributed by atoms with Crippen LogP contribution in [0.25, 0.3) is 0 Å². The van der Waals surface area contributed by atoms with Crippen LogP contribution in [-0.4, -0.2) is 6.54 Å². The summed E-state index contributed by atoms with van der Waals surface area (Å²) in [7, 11) is 0. The summed E-state index contributed by atoms with van der Waals surface area (Å²) in [4.78, 5) is 1.37. The minimum atomic E-state index is 0.240. The van der Waals surface area contributed by atoms with Gasteiger partial charge in [0.15, 0.2) is 0 Å².